The molecule has 1 aromatic carbocycles. The van der Waals surface area contributed by atoms with E-state index >= 15 is 0 Å². The summed E-state index contributed by atoms with van der Waals surface area (Å²) in [5.74, 6) is 2.05. The summed E-state index contributed by atoms with van der Waals surface area (Å²) in [5, 5.41) is 0. The monoisotopic (exact) mass is 323 g/mol. The zero-order chi connectivity index (χ0) is 15.6. The number of hydrogen-bond donors (Lipinski definition) is 0. The van der Waals surface area contributed by atoms with Gasteiger partial charge >= 0.3 is 0 Å². The van der Waals surface area contributed by atoms with Crippen LogP contribution in [0.3, 0.4) is 0 Å². The topological polar surface area (TPSA) is 55.8 Å². The fourth-order valence-corrected chi connectivity index (χ4v) is 4.81. The zero-order valence-corrected chi connectivity index (χ0v) is 13.3. The van der Waals surface area contributed by atoms with E-state index in [9.17, 15) is 8.42 Å². The van der Waals surface area contributed by atoms with Crippen LogP contribution in [0.15, 0.2) is 30.9 Å². The van der Waals surface area contributed by atoms with Crippen LogP contribution < -0.4 is 9.47 Å². The van der Waals surface area contributed by atoms with Gasteiger partial charge in [0.25, 0.3) is 0 Å². The summed E-state index contributed by atoms with van der Waals surface area (Å²) in [7, 11) is -2.90. The molecular formula is C16H21NO4S. The van der Waals surface area contributed by atoms with Crippen LogP contribution in [0.1, 0.15) is 12.0 Å². The van der Waals surface area contributed by atoms with Gasteiger partial charge in [-0.15, -0.1) is 6.58 Å². The lowest BCUT2D eigenvalue weighted by Crippen LogP contribution is -2.36. The Kier molecular flexibility index (Phi) is 4.40. The minimum Gasteiger partial charge on any atom is -0.486 e. The maximum absolute atomic E-state index is 11.7. The number of ether oxygens (including phenoxy) is 2. The summed E-state index contributed by atoms with van der Waals surface area (Å²) >= 11 is 0. The van der Waals surface area contributed by atoms with Gasteiger partial charge in [-0.1, -0.05) is 18.2 Å². The fourth-order valence-electron chi connectivity index (χ4n) is 3.05. The Bertz CT molecular complexity index is 656. The highest BCUT2D eigenvalue weighted by molar-refractivity contribution is 7.91. The van der Waals surface area contributed by atoms with Crippen molar-refractivity contribution in [3.05, 3.63) is 36.4 Å². The van der Waals surface area contributed by atoms with E-state index in [2.05, 4.69) is 11.5 Å². The second-order valence-electron chi connectivity index (χ2n) is 5.72. The van der Waals surface area contributed by atoms with Crippen LogP contribution in [0.2, 0.25) is 0 Å². The van der Waals surface area contributed by atoms with Gasteiger partial charge in [-0.05, 0) is 12.5 Å². The van der Waals surface area contributed by atoms with E-state index < -0.39 is 9.84 Å². The molecule has 1 saturated heterocycles. The summed E-state index contributed by atoms with van der Waals surface area (Å²) < 4.78 is 34.8. The Morgan fingerprint density at radius 1 is 1.32 bits per heavy atom. The van der Waals surface area contributed by atoms with Crippen LogP contribution in [-0.4, -0.2) is 50.6 Å². The second kappa shape index (κ2) is 6.30. The first kappa shape index (κ1) is 15.4. The van der Waals surface area contributed by atoms with Gasteiger partial charge < -0.3 is 9.47 Å². The second-order valence-corrected chi connectivity index (χ2v) is 7.95. The molecule has 1 aromatic rings. The number of rotatable bonds is 5. The Labute approximate surface area is 131 Å². The lowest BCUT2D eigenvalue weighted by molar-refractivity contribution is 0.164. The van der Waals surface area contributed by atoms with Gasteiger partial charge in [0.15, 0.2) is 21.3 Å². The number of benzene rings is 1. The molecule has 0 saturated carbocycles. The SMILES string of the molecule is C=CCN(Cc1cccc2c1OCCO2)[C@H]1CCS(=O)(=O)C1. The third kappa shape index (κ3) is 3.28. The molecule has 0 aliphatic carbocycles. The summed E-state index contributed by atoms with van der Waals surface area (Å²) in [6, 6.07) is 5.90. The van der Waals surface area contributed by atoms with Gasteiger partial charge in [0, 0.05) is 24.7 Å². The Morgan fingerprint density at radius 2 is 2.14 bits per heavy atom. The van der Waals surface area contributed by atoms with E-state index in [0.717, 1.165) is 17.1 Å². The van der Waals surface area contributed by atoms with Crippen LogP contribution in [0.5, 0.6) is 11.5 Å². The maximum atomic E-state index is 11.7. The van der Waals surface area contributed by atoms with Crippen molar-refractivity contribution in [1.29, 1.82) is 0 Å². The predicted octanol–water partition coefficient (Wildman–Crippen LogP) is 1.63. The van der Waals surface area contributed by atoms with Crippen molar-refractivity contribution >= 4 is 9.84 Å². The third-order valence-electron chi connectivity index (χ3n) is 4.11. The molecule has 2 aliphatic heterocycles. The van der Waals surface area contributed by atoms with E-state index in [0.29, 0.717) is 32.7 Å². The largest absolute Gasteiger partial charge is 0.486 e. The van der Waals surface area contributed by atoms with E-state index in [1.54, 1.807) is 0 Å². The van der Waals surface area contributed by atoms with Crippen molar-refractivity contribution in [3.63, 3.8) is 0 Å². The molecule has 6 heteroatoms. The fraction of sp³-hybridized carbons (Fsp3) is 0.500. The summed E-state index contributed by atoms with van der Waals surface area (Å²) in [6.45, 7) is 6.19. The minimum atomic E-state index is -2.90. The first-order valence-corrected chi connectivity index (χ1v) is 9.34. The van der Waals surface area contributed by atoms with Crippen LogP contribution in [-0.2, 0) is 16.4 Å². The lowest BCUT2D eigenvalue weighted by atomic mass is 10.1. The van der Waals surface area contributed by atoms with Gasteiger partial charge in [-0.2, -0.15) is 0 Å². The standard InChI is InChI=1S/C16H21NO4S/c1-2-7-17(14-6-10-22(18,19)12-14)11-13-4-3-5-15-16(13)21-9-8-20-15/h2-5,14H,1,6-12H2/t14-/m0/s1. The van der Waals surface area contributed by atoms with Crippen LogP contribution in [0.4, 0.5) is 0 Å². The van der Waals surface area contributed by atoms with E-state index in [-0.39, 0.29) is 17.5 Å². The van der Waals surface area contributed by atoms with Crippen molar-refractivity contribution in [2.24, 2.45) is 0 Å². The molecule has 0 unspecified atom stereocenters. The van der Waals surface area contributed by atoms with Crippen molar-refractivity contribution in [1.82, 2.24) is 4.90 Å². The Hall–Kier alpha value is -1.53. The zero-order valence-electron chi connectivity index (χ0n) is 12.5. The number of hydrogen-bond acceptors (Lipinski definition) is 5. The molecule has 1 atom stereocenters. The van der Waals surface area contributed by atoms with E-state index in [4.69, 9.17) is 9.47 Å². The molecule has 5 nitrogen and oxygen atoms in total. The van der Waals surface area contributed by atoms with Gasteiger partial charge in [0.1, 0.15) is 13.2 Å². The molecule has 0 radical (unpaired) electrons. The lowest BCUT2D eigenvalue weighted by Gasteiger charge is -2.29. The Balaban J connectivity index is 1.81. The van der Waals surface area contributed by atoms with Gasteiger partial charge in [-0.25, -0.2) is 8.42 Å². The van der Waals surface area contributed by atoms with E-state index in [1.165, 1.54) is 0 Å². The third-order valence-corrected chi connectivity index (χ3v) is 5.86. The molecule has 3 rings (SSSR count). The minimum absolute atomic E-state index is 0.0448. The average molecular weight is 323 g/mol. The maximum Gasteiger partial charge on any atom is 0.165 e. The van der Waals surface area contributed by atoms with Crippen molar-refractivity contribution in [3.8, 4) is 11.5 Å². The summed E-state index contributed by atoms with van der Waals surface area (Å²) in [6.07, 6.45) is 2.50. The van der Waals surface area contributed by atoms with Gasteiger partial charge in [0.05, 0.1) is 11.5 Å². The van der Waals surface area contributed by atoms with Crippen molar-refractivity contribution < 1.29 is 17.9 Å². The molecule has 0 amide bonds. The molecule has 0 bridgehead atoms. The molecule has 120 valence electrons. The van der Waals surface area contributed by atoms with Gasteiger partial charge in [-0.3, -0.25) is 4.90 Å². The number of nitrogens with zero attached hydrogens (tertiary/aromatic N) is 1. The molecular weight excluding hydrogens is 302 g/mol. The molecule has 0 spiro atoms. The molecule has 0 aromatic heterocycles. The molecule has 22 heavy (non-hydrogen) atoms. The molecule has 0 N–H and O–H groups in total. The van der Waals surface area contributed by atoms with Crippen molar-refractivity contribution in [2.45, 2.75) is 19.0 Å². The van der Waals surface area contributed by atoms with Crippen molar-refractivity contribution in [2.75, 3.05) is 31.3 Å². The molecule has 1 fully saturated rings. The van der Waals surface area contributed by atoms with E-state index in [1.807, 2.05) is 24.3 Å². The predicted molar refractivity (Wildman–Crippen MR) is 85.1 cm³/mol. The first-order chi connectivity index (χ1) is 10.6. The number of sulfone groups is 1. The number of fused-ring (bicyclic) bond motifs is 1. The number of para-hydroxylation sites is 1. The Morgan fingerprint density at radius 3 is 2.86 bits per heavy atom. The highest BCUT2D eigenvalue weighted by Gasteiger charge is 2.32. The van der Waals surface area contributed by atoms with Crippen LogP contribution in [0.25, 0.3) is 0 Å². The van der Waals surface area contributed by atoms with Crippen LogP contribution >= 0.6 is 0 Å². The molecule has 2 aliphatic rings. The van der Waals surface area contributed by atoms with Gasteiger partial charge in [0.2, 0.25) is 0 Å². The highest BCUT2D eigenvalue weighted by Crippen LogP contribution is 2.35. The first-order valence-electron chi connectivity index (χ1n) is 7.52. The molecule has 2 heterocycles. The highest BCUT2D eigenvalue weighted by atomic mass is 32.2. The van der Waals surface area contributed by atoms with Crippen LogP contribution in [0, 0.1) is 0 Å². The average Bonchev–Trinajstić information content (AvgIpc) is 2.87. The normalized spacial score (nSPS) is 22.7. The summed E-state index contributed by atoms with van der Waals surface area (Å²) in [4.78, 5) is 2.16. The quantitative estimate of drug-likeness (QED) is 0.771. The summed E-state index contributed by atoms with van der Waals surface area (Å²) in [5.41, 5.74) is 1.03. The smallest absolute Gasteiger partial charge is 0.165 e.